The molecule has 3 rings (SSSR count). The highest BCUT2D eigenvalue weighted by atomic mass is 32.1. The molecular weight excluding hydrogens is 365 g/mol. The van der Waals surface area contributed by atoms with Crippen LogP contribution >= 0.6 is 11.3 Å². The number of alkyl halides is 3. The predicted octanol–water partition coefficient (Wildman–Crippen LogP) is 3.66. The number of nitrogens with zero attached hydrogens (tertiary/aromatic N) is 2. The fraction of sp³-hybridized carbons (Fsp3) is 0.529. The summed E-state index contributed by atoms with van der Waals surface area (Å²) < 4.78 is 41.0. The average molecular weight is 386 g/mol. The van der Waals surface area contributed by atoms with Gasteiger partial charge in [0.1, 0.15) is 10.6 Å². The van der Waals surface area contributed by atoms with Gasteiger partial charge in [-0.05, 0) is 18.9 Å². The number of pyridine rings is 1. The molecule has 0 aromatic carbocycles. The van der Waals surface area contributed by atoms with Crippen LogP contribution in [0.5, 0.6) is 0 Å². The maximum absolute atomic E-state index is 13.7. The molecule has 0 aliphatic carbocycles. The van der Waals surface area contributed by atoms with Crippen molar-refractivity contribution in [2.75, 3.05) is 23.7 Å². The molecule has 1 fully saturated rings. The van der Waals surface area contributed by atoms with E-state index < -0.39 is 11.7 Å². The van der Waals surface area contributed by atoms with E-state index in [0.29, 0.717) is 25.9 Å². The van der Waals surface area contributed by atoms with Crippen LogP contribution < -0.4 is 16.4 Å². The van der Waals surface area contributed by atoms with Gasteiger partial charge in [0.25, 0.3) is 0 Å². The van der Waals surface area contributed by atoms with Crippen LogP contribution in [-0.4, -0.2) is 29.9 Å². The number of hydrogen-bond acceptors (Lipinski definition) is 6. The zero-order valence-electron chi connectivity index (χ0n) is 14.6. The van der Waals surface area contributed by atoms with Crippen molar-refractivity contribution in [1.29, 1.82) is 0 Å². The number of fused-ring (bicyclic) bond motifs is 1. The Morgan fingerprint density at radius 3 is 2.50 bits per heavy atom. The van der Waals surface area contributed by atoms with Crippen LogP contribution in [0.2, 0.25) is 0 Å². The second-order valence-corrected chi connectivity index (χ2v) is 7.89. The van der Waals surface area contributed by atoms with Crippen LogP contribution in [-0.2, 0) is 6.18 Å². The molecule has 142 valence electrons. The minimum absolute atomic E-state index is 0.0599. The molecule has 26 heavy (non-hydrogen) atoms. The van der Waals surface area contributed by atoms with Crippen molar-refractivity contribution in [2.45, 2.75) is 38.9 Å². The first kappa shape index (κ1) is 18.9. The Balaban J connectivity index is 2.17. The number of ketones is 1. The molecule has 0 saturated carbocycles. The zero-order valence-corrected chi connectivity index (χ0v) is 15.4. The normalized spacial score (nSPS) is 16.7. The molecule has 0 amide bonds. The van der Waals surface area contributed by atoms with Crippen LogP contribution in [0.25, 0.3) is 10.2 Å². The van der Waals surface area contributed by atoms with Crippen molar-refractivity contribution in [2.24, 2.45) is 11.7 Å². The van der Waals surface area contributed by atoms with Crippen LogP contribution in [0.15, 0.2) is 6.07 Å². The summed E-state index contributed by atoms with van der Waals surface area (Å²) in [6.07, 6.45) is -3.19. The minimum atomic E-state index is -4.59. The molecule has 4 N–H and O–H groups in total. The molecule has 0 bridgehead atoms. The highest BCUT2D eigenvalue weighted by Gasteiger charge is 2.37. The Morgan fingerprint density at radius 2 is 1.96 bits per heavy atom. The smallest absolute Gasteiger partial charge is 0.397 e. The first-order valence-corrected chi connectivity index (χ1v) is 9.26. The van der Waals surface area contributed by atoms with Crippen molar-refractivity contribution in [1.82, 2.24) is 4.98 Å². The van der Waals surface area contributed by atoms with Gasteiger partial charge in [-0.1, -0.05) is 13.8 Å². The molecule has 1 aliphatic rings. The Bertz CT molecular complexity index is 839. The Labute approximate surface area is 153 Å². The molecule has 0 atom stereocenters. The number of Topliss-reactive ketones (excluding diaryl/α,β-unsaturated/α-hetero) is 1. The quantitative estimate of drug-likeness (QED) is 0.787. The number of piperidine rings is 1. The number of hydrogen-bond donors (Lipinski definition) is 2. The monoisotopic (exact) mass is 386 g/mol. The third-order valence-electron chi connectivity index (χ3n) is 4.60. The molecule has 1 saturated heterocycles. The third kappa shape index (κ3) is 3.37. The molecular formula is C17H21F3N4OS. The van der Waals surface area contributed by atoms with E-state index in [4.69, 9.17) is 11.5 Å². The first-order chi connectivity index (χ1) is 12.1. The zero-order chi connectivity index (χ0) is 19.2. The number of rotatable bonds is 3. The van der Waals surface area contributed by atoms with E-state index in [1.807, 2.05) is 0 Å². The molecule has 0 radical (unpaired) electrons. The molecule has 1 aliphatic heterocycles. The van der Waals surface area contributed by atoms with Gasteiger partial charge in [0.2, 0.25) is 0 Å². The van der Waals surface area contributed by atoms with Gasteiger partial charge < -0.3 is 16.4 Å². The summed E-state index contributed by atoms with van der Waals surface area (Å²) in [6.45, 7) is 4.48. The van der Waals surface area contributed by atoms with Gasteiger partial charge in [-0.2, -0.15) is 13.2 Å². The Kier molecular flexibility index (Phi) is 4.87. The SMILES string of the molecule is CC(C)C(=O)c1sc2nc(N3CCC(N)CC3)cc(C(F)(F)F)c2c1N. The number of carbonyl (C=O) groups excluding carboxylic acids is 1. The standard InChI is InChI=1S/C17H21F3N4OS/c1-8(2)14(25)15-13(22)12-10(17(18,19)20)7-11(23-16(12)26-15)24-5-3-9(21)4-6-24/h7-9H,3-6,21-22H2,1-2H3. The van der Waals surface area contributed by atoms with Crippen molar-refractivity contribution in [3.05, 3.63) is 16.5 Å². The molecule has 0 unspecified atom stereocenters. The summed E-state index contributed by atoms with van der Waals surface area (Å²) in [5.74, 6) is -0.381. The highest BCUT2D eigenvalue weighted by molar-refractivity contribution is 7.21. The second kappa shape index (κ2) is 6.70. The van der Waals surface area contributed by atoms with Gasteiger partial charge >= 0.3 is 6.18 Å². The number of halogens is 3. The van der Waals surface area contributed by atoms with E-state index in [-0.39, 0.29) is 44.3 Å². The fourth-order valence-electron chi connectivity index (χ4n) is 3.07. The summed E-state index contributed by atoms with van der Waals surface area (Å²) in [7, 11) is 0. The van der Waals surface area contributed by atoms with Gasteiger partial charge in [0.05, 0.1) is 16.1 Å². The van der Waals surface area contributed by atoms with Gasteiger partial charge in [-0.15, -0.1) is 11.3 Å². The number of anilines is 2. The number of nitrogen functional groups attached to an aromatic ring is 1. The summed E-state index contributed by atoms with van der Waals surface area (Å²) in [5, 5.41) is -0.177. The molecule has 0 spiro atoms. The second-order valence-electron chi connectivity index (χ2n) is 6.89. The number of carbonyl (C=O) groups is 1. The van der Waals surface area contributed by atoms with Gasteiger partial charge in [-0.25, -0.2) is 4.98 Å². The topological polar surface area (TPSA) is 85.2 Å². The van der Waals surface area contributed by atoms with E-state index in [2.05, 4.69) is 4.98 Å². The Hall–Kier alpha value is -1.87. The van der Waals surface area contributed by atoms with Gasteiger partial charge in [0.15, 0.2) is 5.78 Å². The van der Waals surface area contributed by atoms with Crippen LogP contribution in [0, 0.1) is 5.92 Å². The average Bonchev–Trinajstić information content (AvgIpc) is 2.90. The summed E-state index contributed by atoms with van der Waals surface area (Å²) in [4.78, 5) is 18.8. The van der Waals surface area contributed by atoms with E-state index in [1.165, 1.54) is 0 Å². The minimum Gasteiger partial charge on any atom is -0.397 e. The maximum atomic E-state index is 13.7. The van der Waals surface area contributed by atoms with Crippen molar-refractivity contribution >= 4 is 38.8 Å². The fourth-order valence-corrected chi connectivity index (χ4v) is 4.27. The Morgan fingerprint density at radius 1 is 1.35 bits per heavy atom. The molecule has 3 heterocycles. The lowest BCUT2D eigenvalue weighted by Gasteiger charge is -2.31. The number of thiophene rings is 1. The third-order valence-corrected chi connectivity index (χ3v) is 5.72. The predicted molar refractivity (Wildman–Crippen MR) is 97.6 cm³/mol. The summed E-state index contributed by atoms with van der Waals surface area (Å²) >= 11 is 0.932. The van der Waals surface area contributed by atoms with E-state index in [1.54, 1.807) is 18.7 Å². The molecule has 9 heteroatoms. The van der Waals surface area contributed by atoms with Gasteiger partial charge in [0, 0.05) is 30.4 Å². The molecule has 5 nitrogen and oxygen atoms in total. The van der Waals surface area contributed by atoms with Crippen molar-refractivity contribution in [3.8, 4) is 0 Å². The maximum Gasteiger partial charge on any atom is 0.417 e. The lowest BCUT2D eigenvalue weighted by Crippen LogP contribution is -2.40. The summed E-state index contributed by atoms with van der Waals surface area (Å²) in [6, 6.07) is 1.09. The van der Waals surface area contributed by atoms with E-state index in [0.717, 1.165) is 17.4 Å². The summed E-state index contributed by atoms with van der Waals surface area (Å²) in [5.41, 5.74) is 10.8. The molecule has 2 aromatic heterocycles. The lowest BCUT2D eigenvalue weighted by atomic mass is 10.0. The first-order valence-electron chi connectivity index (χ1n) is 8.44. The van der Waals surface area contributed by atoms with E-state index in [9.17, 15) is 18.0 Å². The highest BCUT2D eigenvalue weighted by Crippen LogP contribution is 2.44. The van der Waals surface area contributed by atoms with E-state index >= 15 is 0 Å². The van der Waals surface area contributed by atoms with Crippen molar-refractivity contribution < 1.29 is 18.0 Å². The van der Waals surface area contributed by atoms with Gasteiger partial charge in [-0.3, -0.25) is 4.79 Å². The molecule has 2 aromatic rings. The largest absolute Gasteiger partial charge is 0.417 e. The van der Waals surface area contributed by atoms with Crippen LogP contribution in [0.3, 0.4) is 0 Å². The lowest BCUT2D eigenvalue weighted by molar-refractivity contribution is -0.136. The van der Waals surface area contributed by atoms with Crippen LogP contribution in [0.1, 0.15) is 41.9 Å². The van der Waals surface area contributed by atoms with Crippen LogP contribution in [0.4, 0.5) is 24.7 Å². The number of nitrogens with two attached hydrogens (primary N) is 2. The number of aromatic nitrogens is 1. The van der Waals surface area contributed by atoms with Crippen molar-refractivity contribution in [3.63, 3.8) is 0 Å².